The molecule has 1 amide bonds. The number of ether oxygens (including phenoxy) is 1. The maximum absolute atomic E-state index is 13.1. The van der Waals surface area contributed by atoms with Crippen LogP contribution < -0.4 is 14.8 Å². The van der Waals surface area contributed by atoms with Crippen LogP contribution in [0.1, 0.15) is 105 Å². The average Bonchev–Trinajstić information content (AvgIpc) is 3.48. The lowest BCUT2D eigenvalue weighted by Gasteiger charge is -2.40. The topological polar surface area (TPSA) is 123 Å². The predicted octanol–water partition coefficient (Wildman–Crippen LogP) is 6.63. The van der Waals surface area contributed by atoms with Crippen LogP contribution in [0.5, 0.6) is 5.75 Å². The molecule has 1 unspecified atom stereocenters. The lowest BCUT2D eigenvalue weighted by molar-refractivity contribution is -0.125. The van der Waals surface area contributed by atoms with Crippen molar-refractivity contribution in [1.29, 1.82) is 0 Å². The van der Waals surface area contributed by atoms with Gasteiger partial charge < -0.3 is 10.1 Å². The van der Waals surface area contributed by atoms with Crippen LogP contribution in [0.3, 0.4) is 0 Å². The first-order valence-corrected chi connectivity index (χ1v) is 16.1. The van der Waals surface area contributed by atoms with Crippen molar-refractivity contribution in [2.24, 2.45) is 0 Å². The molecule has 0 spiro atoms. The van der Waals surface area contributed by atoms with Crippen LogP contribution in [-0.4, -0.2) is 48.7 Å². The molecular weight excluding hydrogens is 576 g/mol. The number of halogens is 1. The van der Waals surface area contributed by atoms with Gasteiger partial charge in [-0.3, -0.25) is 18.8 Å². The summed E-state index contributed by atoms with van der Waals surface area (Å²) in [4.78, 5) is 13.1. The normalized spacial score (nSPS) is 13.4. The Hall–Kier alpha value is -2.63. The molecule has 0 fully saturated rings. The Labute approximate surface area is 257 Å². The second-order valence-corrected chi connectivity index (χ2v) is 14.0. The summed E-state index contributed by atoms with van der Waals surface area (Å²) in [6.07, 6.45) is 6.73. The summed E-state index contributed by atoms with van der Waals surface area (Å²) < 4.78 is 28.3. The molecule has 0 saturated carbocycles. The molecule has 0 saturated heterocycles. The van der Waals surface area contributed by atoms with Gasteiger partial charge in [0.15, 0.2) is 18.1 Å². The van der Waals surface area contributed by atoms with Crippen LogP contribution in [0.2, 0.25) is 5.02 Å². The summed E-state index contributed by atoms with van der Waals surface area (Å²) in [7, 11) is 0. The molecule has 1 aromatic carbocycles. The Morgan fingerprint density at radius 3 is 2.38 bits per heavy atom. The number of rotatable bonds is 16. The van der Waals surface area contributed by atoms with E-state index in [0.717, 1.165) is 25.0 Å². The van der Waals surface area contributed by atoms with Crippen molar-refractivity contribution in [3.63, 3.8) is 0 Å². The number of aromatic amines is 1. The highest BCUT2D eigenvalue weighted by molar-refractivity contribution is 7.81. The maximum Gasteiger partial charge on any atom is 0.261 e. The summed E-state index contributed by atoms with van der Waals surface area (Å²) in [5.74, 6) is 0.721. The van der Waals surface area contributed by atoms with Crippen molar-refractivity contribution in [3.8, 4) is 5.75 Å². The number of nitrogens with one attached hydrogen (secondary N) is 3. The Balaban J connectivity index is 1.60. The Morgan fingerprint density at radius 1 is 1.02 bits per heavy atom. The molecule has 3 N–H and O–H groups in total. The number of unbranched alkanes of at least 4 members (excludes halogenated alkanes) is 5. The quantitative estimate of drug-likeness (QED) is 0.154. The van der Waals surface area contributed by atoms with E-state index in [1.807, 2.05) is 27.7 Å². The third-order valence-corrected chi connectivity index (χ3v) is 8.88. The summed E-state index contributed by atoms with van der Waals surface area (Å²) in [5, 5.41) is 15.7. The van der Waals surface area contributed by atoms with Gasteiger partial charge >= 0.3 is 0 Å². The van der Waals surface area contributed by atoms with Gasteiger partial charge in [-0.15, -0.1) is 10.2 Å². The molecule has 0 aliphatic rings. The number of fused-ring (bicyclic) bond motifs is 1. The van der Waals surface area contributed by atoms with Crippen LogP contribution in [0.25, 0.3) is 5.65 Å². The van der Waals surface area contributed by atoms with E-state index in [-0.39, 0.29) is 17.9 Å². The third kappa shape index (κ3) is 8.26. The molecule has 1 atom stereocenters. The minimum Gasteiger partial charge on any atom is -0.482 e. The number of para-hydroxylation sites is 2. The minimum atomic E-state index is -1.72. The Morgan fingerprint density at radius 2 is 1.69 bits per heavy atom. The predicted molar refractivity (Wildman–Crippen MR) is 169 cm³/mol. The second kappa shape index (κ2) is 14.2. The summed E-state index contributed by atoms with van der Waals surface area (Å²) in [6.45, 7) is 16.4. The molecular formula is C30H47ClN6O4S. The zero-order valence-electron chi connectivity index (χ0n) is 26.2. The molecule has 12 heteroatoms. The van der Waals surface area contributed by atoms with Gasteiger partial charge in [0.05, 0.1) is 18.0 Å². The second-order valence-electron chi connectivity index (χ2n) is 12.7. The van der Waals surface area contributed by atoms with Crippen molar-refractivity contribution in [2.45, 2.75) is 110 Å². The first kappa shape index (κ1) is 33.9. The van der Waals surface area contributed by atoms with Crippen LogP contribution in [0, 0.1) is 0 Å². The van der Waals surface area contributed by atoms with Crippen molar-refractivity contribution in [2.75, 3.05) is 17.9 Å². The molecule has 3 rings (SSSR count). The molecule has 234 valence electrons. The number of nitrogens with zero attached hydrogens (tertiary/aromatic N) is 3. The molecule has 0 bridgehead atoms. The smallest absolute Gasteiger partial charge is 0.261 e. The van der Waals surface area contributed by atoms with Crippen molar-refractivity contribution in [1.82, 2.24) is 25.1 Å². The van der Waals surface area contributed by atoms with Gasteiger partial charge in [-0.1, -0.05) is 97.4 Å². The highest BCUT2D eigenvalue weighted by atomic mass is 35.5. The van der Waals surface area contributed by atoms with E-state index >= 15 is 0 Å². The molecule has 10 nitrogen and oxygen atoms in total. The molecule has 2 aromatic heterocycles. The third-order valence-electron chi connectivity index (χ3n) is 7.75. The summed E-state index contributed by atoms with van der Waals surface area (Å²) >= 11 is 4.90. The summed E-state index contributed by atoms with van der Waals surface area (Å²) in [5.41, 5.74) is 0.275. The standard InChI is InChI=1S/C30H47ClN6O4S/c1-9-10-11-12-13-16-19-41-42(39)36-21-17-14-15-18-22(21)40-20-23(38)32-30(7,8)29(5,6)27-34-33-26-24(31)25(28(2,3)4)35-37(26)27/h14-15,17-18,35-36H,9-13,16,19-20H2,1-8H3,(H,32,38). The summed E-state index contributed by atoms with van der Waals surface area (Å²) in [6, 6.07) is 7.03. The molecule has 0 aliphatic heterocycles. The van der Waals surface area contributed by atoms with E-state index in [1.165, 1.54) is 19.3 Å². The number of anilines is 1. The van der Waals surface area contributed by atoms with Crippen LogP contribution in [-0.2, 0) is 31.1 Å². The van der Waals surface area contributed by atoms with Gasteiger partial charge in [0.1, 0.15) is 10.8 Å². The van der Waals surface area contributed by atoms with E-state index in [2.05, 4.69) is 53.0 Å². The number of aromatic nitrogens is 4. The maximum atomic E-state index is 13.1. The van der Waals surface area contributed by atoms with Crippen molar-refractivity contribution in [3.05, 3.63) is 40.8 Å². The number of carbonyl (C=O) groups excluding carboxylic acids is 1. The molecule has 0 aliphatic carbocycles. The number of hydrogen-bond donors (Lipinski definition) is 3. The van der Waals surface area contributed by atoms with Gasteiger partial charge in [0, 0.05) is 16.4 Å². The number of carbonyl (C=O) groups is 1. The Bertz CT molecular complexity index is 1360. The number of hydrogen-bond acceptors (Lipinski definition) is 6. The monoisotopic (exact) mass is 622 g/mol. The van der Waals surface area contributed by atoms with Gasteiger partial charge in [-0.25, -0.2) is 8.72 Å². The number of H-pyrrole nitrogens is 1. The largest absolute Gasteiger partial charge is 0.482 e. The SMILES string of the molecule is CCCCCCCCOS(=O)Nc1ccccc1OCC(=O)NC(C)(C)C(C)(C)c1nnc2c(Cl)c(C(C)(C)C)[nH]n12. The minimum absolute atomic E-state index is 0.210. The van der Waals surface area contributed by atoms with Crippen LogP contribution in [0.4, 0.5) is 5.69 Å². The molecule has 3 aromatic rings. The van der Waals surface area contributed by atoms with E-state index in [4.69, 9.17) is 20.5 Å². The van der Waals surface area contributed by atoms with E-state index in [1.54, 1.807) is 28.8 Å². The highest BCUT2D eigenvalue weighted by Gasteiger charge is 2.44. The lowest BCUT2D eigenvalue weighted by Crippen LogP contribution is -2.57. The Kier molecular flexibility index (Phi) is 11.5. The number of amides is 1. The van der Waals surface area contributed by atoms with Crippen LogP contribution in [0.15, 0.2) is 24.3 Å². The van der Waals surface area contributed by atoms with Gasteiger partial charge in [-0.2, -0.15) is 0 Å². The molecule has 2 heterocycles. The first-order valence-electron chi connectivity index (χ1n) is 14.7. The fraction of sp³-hybridized carbons (Fsp3) is 0.633. The van der Waals surface area contributed by atoms with E-state index in [9.17, 15) is 9.00 Å². The number of benzene rings is 1. The average molecular weight is 623 g/mol. The fourth-order valence-electron chi connectivity index (χ4n) is 4.48. The zero-order chi connectivity index (χ0) is 31.1. The van der Waals surface area contributed by atoms with Gasteiger partial charge in [0.2, 0.25) is 0 Å². The fourth-order valence-corrected chi connectivity index (χ4v) is 5.61. The van der Waals surface area contributed by atoms with Gasteiger partial charge in [0.25, 0.3) is 17.2 Å². The van der Waals surface area contributed by atoms with Crippen LogP contribution >= 0.6 is 11.6 Å². The van der Waals surface area contributed by atoms with Gasteiger partial charge in [-0.05, 0) is 32.4 Å². The zero-order valence-corrected chi connectivity index (χ0v) is 27.8. The molecule has 42 heavy (non-hydrogen) atoms. The molecule has 0 radical (unpaired) electrons. The highest BCUT2D eigenvalue weighted by Crippen LogP contribution is 2.37. The van der Waals surface area contributed by atoms with E-state index in [0.29, 0.717) is 34.5 Å². The van der Waals surface area contributed by atoms with Crippen molar-refractivity contribution >= 4 is 40.1 Å². The van der Waals surface area contributed by atoms with E-state index < -0.39 is 22.2 Å². The first-order chi connectivity index (χ1) is 19.7. The lowest BCUT2D eigenvalue weighted by atomic mass is 9.73. The van der Waals surface area contributed by atoms with Crippen molar-refractivity contribution < 1.29 is 17.9 Å².